The average Bonchev–Trinajstić information content (AvgIpc) is 3.30. The van der Waals surface area contributed by atoms with Crippen molar-refractivity contribution in [2.24, 2.45) is 0 Å². The van der Waals surface area contributed by atoms with Crippen LogP contribution in [0.2, 0.25) is 0 Å². The van der Waals surface area contributed by atoms with E-state index in [0.29, 0.717) is 0 Å². The molecule has 0 fully saturated rings. The van der Waals surface area contributed by atoms with E-state index in [1.165, 1.54) is 49.7 Å². The second-order valence-corrected chi connectivity index (χ2v) is 17.1. The Balaban J connectivity index is 0.000000204. The van der Waals surface area contributed by atoms with Crippen molar-refractivity contribution in [1.29, 1.82) is 0 Å². The van der Waals surface area contributed by atoms with Gasteiger partial charge in [-0.3, -0.25) is 0 Å². The fourth-order valence-corrected chi connectivity index (χ4v) is 6.81. The Bertz CT molecular complexity index is 2080. The SMILES string of the molecule is CC(C)(C)c1cc[c-]c(-c2cc(C(C)(C)C)ccn2)c1.CC(C)(C)c1ccc(-c2[c-]cc3c(c2)C(C)(C)c2c-3ccc3ccccc23)nc1.[Ir]. The molecule has 0 saturated heterocycles. The Morgan fingerprint density at radius 1 is 0.580 bits per heavy atom. The molecule has 6 aromatic rings. The predicted octanol–water partition coefficient (Wildman–Crippen LogP) is 12.4. The molecular formula is C47H50IrN2-2. The molecule has 7 rings (SSSR count). The molecule has 0 unspecified atom stereocenters. The van der Waals surface area contributed by atoms with Crippen LogP contribution in [0.25, 0.3) is 44.4 Å². The molecule has 1 radical (unpaired) electrons. The van der Waals surface area contributed by atoms with Crippen LogP contribution in [0.4, 0.5) is 0 Å². The van der Waals surface area contributed by atoms with Crippen molar-refractivity contribution < 1.29 is 20.1 Å². The molecule has 50 heavy (non-hydrogen) atoms. The molecule has 259 valence electrons. The summed E-state index contributed by atoms with van der Waals surface area (Å²) in [5, 5.41) is 2.65. The Kier molecular flexibility index (Phi) is 10.2. The van der Waals surface area contributed by atoms with E-state index in [2.05, 4.69) is 178 Å². The van der Waals surface area contributed by atoms with Gasteiger partial charge in [0.1, 0.15) is 0 Å². The van der Waals surface area contributed by atoms with Gasteiger partial charge < -0.3 is 9.97 Å². The quantitative estimate of drug-likeness (QED) is 0.162. The molecule has 2 nitrogen and oxygen atoms in total. The molecule has 0 spiro atoms. The zero-order valence-corrected chi connectivity index (χ0v) is 33.9. The first-order valence-corrected chi connectivity index (χ1v) is 17.5. The number of pyridine rings is 2. The summed E-state index contributed by atoms with van der Waals surface area (Å²) in [6.07, 6.45) is 3.90. The first-order valence-electron chi connectivity index (χ1n) is 17.5. The molecule has 0 bridgehead atoms. The van der Waals surface area contributed by atoms with Gasteiger partial charge in [-0.05, 0) is 66.6 Å². The van der Waals surface area contributed by atoms with Gasteiger partial charge in [-0.25, -0.2) is 0 Å². The Labute approximate surface area is 314 Å². The van der Waals surface area contributed by atoms with Gasteiger partial charge in [0.25, 0.3) is 0 Å². The van der Waals surface area contributed by atoms with Crippen molar-refractivity contribution in [3.63, 3.8) is 0 Å². The van der Waals surface area contributed by atoms with Crippen molar-refractivity contribution in [3.05, 3.63) is 143 Å². The molecule has 0 amide bonds. The smallest absolute Gasteiger partial charge is 0.0198 e. The van der Waals surface area contributed by atoms with Gasteiger partial charge in [0.05, 0.1) is 0 Å². The van der Waals surface area contributed by atoms with Crippen molar-refractivity contribution in [2.75, 3.05) is 0 Å². The Morgan fingerprint density at radius 2 is 1.24 bits per heavy atom. The summed E-state index contributed by atoms with van der Waals surface area (Å²) in [7, 11) is 0. The summed E-state index contributed by atoms with van der Waals surface area (Å²) in [4.78, 5) is 9.27. The van der Waals surface area contributed by atoms with Crippen LogP contribution in [0, 0.1) is 12.1 Å². The van der Waals surface area contributed by atoms with Gasteiger partial charge in [0.15, 0.2) is 0 Å². The average molecular weight is 835 g/mol. The van der Waals surface area contributed by atoms with E-state index in [-0.39, 0.29) is 41.8 Å². The maximum Gasteiger partial charge on any atom is 0.0198 e. The molecule has 4 aromatic carbocycles. The predicted molar refractivity (Wildman–Crippen MR) is 208 cm³/mol. The van der Waals surface area contributed by atoms with E-state index in [1.807, 2.05) is 18.5 Å². The molecular weight excluding hydrogens is 785 g/mol. The van der Waals surface area contributed by atoms with Gasteiger partial charge in [-0.2, -0.15) is 0 Å². The topological polar surface area (TPSA) is 25.8 Å². The molecule has 3 heteroatoms. The van der Waals surface area contributed by atoms with E-state index in [0.717, 1.165) is 22.5 Å². The Hall–Kier alpha value is -3.91. The fraction of sp³-hybridized carbons (Fsp3) is 0.319. The molecule has 0 atom stereocenters. The van der Waals surface area contributed by atoms with Crippen LogP contribution in [-0.2, 0) is 41.8 Å². The van der Waals surface area contributed by atoms with E-state index >= 15 is 0 Å². The summed E-state index contributed by atoms with van der Waals surface area (Å²) in [5.74, 6) is 0. The number of fused-ring (bicyclic) bond motifs is 5. The first-order chi connectivity index (χ1) is 22.9. The van der Waals surface area contributed by atoms with Gasteiger partial charge in [-0.1, -0.05) is 142 Å². The molecule has 0 saturated carbocycles. The molecule has 0 aliphatic heterocycles. The minimum absolute atomic E-state index is 0. The fourth-order valence-electron chi connectivity index (χ4n) is 6.81. The second-order valence-electron chi connectivity index (χ2n) is 17.1. The van der Waals surface area contributed by atoms with Gasteiger partial charge >= 0.3 is 0 Å². The van der Waals surface area contributed by atoms with E-state index in [1.54, 1.807) is 0 Å². The molecule has 2 heterocycles. The van der Waals surface area contributed by atoms with Gasteiger partial charge in [0, 0.05) is 32.5 Å². The van der Waals surface area contributed by atoms with Crippen molar-refractivity contribution in [3.8, 4) is 33.6 Å². The third-order valence-corrected chi connectivity index (χ3v) is 9.94. The van der Waals surface area contributed by atoms with Crippen molar-refractivity contribution >= 4 is 10.8 Å². The third kappa shape index (κ3) is 7.41. The van der Waals surface area contributed by atoms with Crippen LogP contribution in [0.3, 0.4) is 0 Å². The van der Waals surface area contributed by atoms with Crippen LogP contribution in [0.15, 0.2) is 103 Å². The minimum Gasteiger partial charge on any atom is -0.305 e. The summed E-state index contributed by atoms with van der Waals surface area (Å²) in [5.41, 5.74) is 13.7. The van der Waals surface area contributed by atoms with E-state index in [4.69, 9.17) is 4.98 Å². The number of nitrogens with zero attached hydrogens (tertiary/aromatic N) is 2. The Morgan fingerprint density at radius 3 is 1.90 bits per heavy atom. The van der Waals surface area contributed by atoms with Crippen molar-refractivity contribution in [2.45, 2.75) is 97.8 Å². The molecule has 2 aromatic heterocycles. The number of rotatable bonds is 2. The monoisotopic (exact) mass is 835 g/mol. The summed E-state index contributed by atoms with van der Waals surface area (Å²) in [6.45, 7) is 24.7. The molecule has 0 N–H and O–H groups in total. The van der Waals surface area contributed by atoms with Crippen LogP contribution in [0.5, 0.6) is 0 Å². The summed E-state index contributed by atoms with van der Waals surface area (Å²) < 4.78 is 0. The minimum atomic E-state index is -0.0548. The largest absolute Gasteiger partial charge is 0.305 e. The van der Waals surface area contributed by atoms with Crippen LogP contribution >= 0.6 is 0 Å². The van der Waals surface area contributed by atoms with E-state index in [9.17, 15) is 0 Å². The van der Waals surface area contributed by atoms with Gasteiger partial charge in [-0.15, -0.1) is 64.7 Å². The standard InChI is InChI=1S/C28H26N.C19H24N.Ir/c1-27(2,3)20-12-15-25(29-17-20)19-11-13-22-23-14-10-18-8-6-7-9-21(18)26(23)28(4,5)24(22)16-19;1-18(2,3)15-9-7-8-14(12-15)17-13-16(10-11-20-17)19(4,5)6;/h6-10,12-17H,1-5H3;7,9-13H,1-6H3;/q2*-1;. The van der Waals surface area contributed by atoms with Gasteiger partial charge in [0.2, 0.25) is 0 Å². The molecule has 1 aliphatic rings. The summed E-state index contributed by atoms with van der Waals surface area (Å²) >= 11 is 0. The normalized spacial score (nSPS) is 13.5. The first kappa shape index (κ1) is 37.3. The van der Waals surface area contributed by atoms with Crippen LogP contribution in [0.1, 0.15) is 104 Å². The summed E-state index contributed by atoms with van der Waals surface area (Å²) in [6, 6.07) is 39.4. The molecule has 1 aliphatic carbocycles. The maximum atomic E-state index is 4.76. The van der Waals surface area contributed by atoms with Crippen molar-refractivity contribution in [1.82, 2.24) is 9.97 Å². The number of hydrogen-bond donors (Lipinski definition) is 0. The number of aromatic nitrogens is 2. The maximum absolute atomic E-state index is 4.76. The second kappa shape index (κ2) is 13.7. The van der Waals surface area contributed by atoms with E-state index < -0.39 is 0 Å². The van der Waals surface area contributed by atoms with Crippen LogP contribution < -0.4 is 0 Å². The zero-order valence-electron chi connectivity index (χ0n) is 31.5. The van der Waals surface area contributed by atoms with Crippen LogP contribution in [-0.4, -0.2) is 9.97 Å². The third-order valence-electron chi connectivity index (χ3n) is 9.94. The zero-order chi connectivity index (χ0) is 35.4. The number of benzene rings is 4. The number of hydrogen-bond acceptors (Lipinski definition) is 2.